The minimum absolute atomic E-state index is 0.120. The number of aryl methyl sites for hydroxylation is 2. The molecule has 0 radical (unpaired) electrons. The number of amides is 1. The van der Waals surface area contributed by atoms with Gasteiger partial charge in [0.05, 0.1) is 0 Å². The fourth-order valence-electron chi connectivity index (χ4n) is 2.84. The van der Waals surface area contributed by atoms with E-state index in [4.69, 9.17) is 4.52 Å². The lowest BCUT2D eigenvalue weighted by molar-refractivity contribution is -0.130. The third-order valence-electron chi connectivity index (χ3n) is 4.27. The van der Waals surface area contributed by atoms with Gasteiger partial charge in [-0.2, -0.15) is 4.98 Å². The first-order chi connectivity index (χ1) is 11.5. The van der Waals surface area contributed by atoms with Crippen LogP contribution < -0.4 is 0 Å². The Kier molecular flexibility index (Phi) is 4.87. The van der Waals surface area contributed by atoms with Crippen molar-refractivity contribution in [1.82, 2.24) is 25.0 Å². The summed E-state index contributed by atoms with van der Waals surface area (Å²) in [6.45, 7) is 7.42. The van der Waals surface area contributed by atoms with Crippen molar-refractivity contribution in [3.63, 3.8) is 0 Å². The van der Waals surface area contributed by atoms with Crippen LogP contribution in [0.3, 0.4) is 0 Å². The van der Waals surface area contributed by atoms with Gasteiger partial charge in [-0.25, -0.2) is 9.97 Å². The minimum Gasteiger partial charge on any atom is -0.342 e. The number of hydrogen-bond donors (Lipinski definition) is 0. The maximum absolute atomic E-state index is 12.4. The van der Waals surface area contributed by atoms with Crippen LogP contribution in [0.2, 0.25) is 0 Å². The van der Waals surface area contributed by atoms with Gasteiger partial charge < -0.3 is 9.42 Å². The van der Waals surface area contributed by atoms with Crippen LogP contribution in [0.5, 0.6) is 0 Å². The van der Waals surface area contributed by atoms with Gasteiger partial charge in [0.1, 0.15) is 5.82 Å². The third kappa shape index (κ3) is 3.77. The van der Waals surface area contributed by atoms with Crippen molar-refractivity contribution in [3.8, 4) is 0 Å². The van der Waals surface area contributed by atoms with Crippen molar-refractivity contribution < 1.29 is 9.32 Å². The van der Waals surface area contributed by atoms with E-state index in [9.17, 15) is 4.79 Å². The van der Waals surface area contributed by atoms with E-state index >= 15 is 0 Å². The van der Waals surface area contributed by atoms with Gasteiger partial charge in [0.2, 0.25) is 11.8 Å². The first-order valence-corrected chi connectivity index (χ1v) is 8.42. The second kappa shape index (κ2) is 7.07. The van der Waals surface area contributed by atoms with Gasteiger partial charge in [0.25, 0.3) is 0 Å². The Hall–Kier alpha value is -2.31. The van der Waals surface area contributed by atoms with Crippen molar-refractivity contribution >= 4 is 5.91 Å². The molecule has 24 heavy (non-hydrogen) atoms. The Bertz CT molecular complexity index is 713. The molecule has 1 aliphatic heterocycles. The van der Waals surface area contributed by atoms with Crippen LogP contribution in [0.25, 0.3) is 0 Å². The Morgan fingerprint density at radius 2 is 2.25 bits per heavy atom. The molecular formula is C17H23N5O2. The van der Waals surface area contributed by atoms with Gasteiger partial charge in [-0.3, -0.25) is 4.79 Å². The zero-order valence-corrected chi connectivity index (χ0v) is 14.4. The van der Waals surface area contributed by atoms with E-state index in [0.29, 0.717) is 31.1 Å². The number of carbonyl (C=O) groups excluding carboxylic acids is 1. The predicted octanol–water partition coefficient (Wildman–Crippen LogP) is 2.24. The number of likely N-dealkylation sites (tertiary alicyclic amines) is 1. The lowest BCUT2D eigenvalue weighted by Gasteiger charge is -2.15. The first-order valence-electron chi connectivity index (χ1n) is 8.42. The summed E-state index contributed by atoms with van der Waals surface area (Å²) in [6, 6.07) is 1.89. The van der Waals surface area contributed by atoms with E-state index in [1.54, 1.807) is 6.20 Å². The molecule has 7 nitrogen and oxygen atoms in total. The monoisotopic (exact) mass is 329 g/mol. The number of rotatable bonds is 5. The third-order valence-corrected chi connectivity index (χ3v) is 4.27. The Morgan fingerprint density at radius 3 is 2.96 bits per heavy atom. The van der Waals surface area contributed by atoms with Crippen LogP contribution in [0, 0.1) is 6.92 Å². The second-order valence-corrected chi connectivity index (χ2v) is 6.58. The van der Waals surface area contributed by atoms with E-state index in [1.807, 2.05) is 31.7 Å². The normalized spacial score (nSPS) is 17.7. The molecule has 2 aromatic heterocycles. The fourth-order valence-corrected chi connectivity index (χ4v) is 2.84. The highest BCUT2D eigenvalue weighted by atomic mass is 16.5. The molecule has 0 aromatic carbocycles. The number of nitrogens with zero attached hydrogens (tertiary/aromatic N) is 5. The zero-order chi connectivity index (χ0) is 17.1. The van der Waals surface area contributed by atoms with Crippen molar-refractivity contribution in [3.05, 3.63) is 35.5 Å². The van der Waals surface area contributed by atoms with E-state index in [0.717, 1.165) is 24.5 Å². The predicted molar refractivity (Wildman–Crippen MR) is 87.4 cm³/mol. The molecule has 0 saturated carbocycles. The first kappa shape index (κ1) is 16.5. The average molecular weight is 329 g/mol. The van der Waals surface area contributed by atoms with Crippen LogP contribution in [0.4, 0.5) is 0 Å². The summed E-state index contributed by atoms with van der Waals surface area (Å²) in [5.74, 6) is 2.63. The zero-order valence-electron chi connectivity index (χ0n) is 14.4. The summed E-state index contributed by atoms with van der Waals surface area (Å²) in [4.78, 5) is 27.4. The summed E-state index contributed by atoms with van der Waals surface area (Å²) in [7, 11) is 0. The average Bonchev–Trinajstić information content (AvgIpc) is 3.22. The van der Waals surface area contributed by atoms with Crippen molar-refractivity contribution in [2.45, 2.75) is 51.9 Å². The van der Waals surface area contributed by atoms with Crippen molar-refractivity contribution in [2.24, 2.45) is 0 Å². The molecule has 1 atom stereocenters. The molecule has 7 heteroatoms. The van der Waals surface area contributed by atoms with Gasteiger partial charge in [-0.05, 0) is 19.4 Å². The molecule has 1 fully saturated rings. The molecule has 3 heterocycles. The molecule has 0 spiro atoms. The van der Waals surface area contributed by atoms with Gasteiger partial charge in [-0.15, -0.1) is 0 Å². The molecule has 0 N–H and O–H groups in total. The smallest absolute Gasteiger partial charge is 0.227 e. The summed E-state index contributed by atoms with van der Waals surface area (Å²) >= 11 is 0. The molecule has 1 amide bonds. The van der Waals surface area contributed by atoms with Gasteiger partial charge >= 0.3 is 0 Å². The molecule has 3 rings (SSSR count). The molecule has 0 aliphatic carbocycles. The maximum Gasteiger partial charge on any atom is 0.227 e. The highest BCUT2D eigenvalue weighted by Gasteiger charge is 2.29. The molecule has 1 aliphatic rings. The lowest BCUT2D eigenvalue weighted by atomic mass is 10.1. The van der Waals surface area contributed by atoms with Gasteiger partial charge in [-0.1, -0.05) is 19.0 Å². The summed E-state index contributed by atoms with van der Waals surface area (Å²) in [6.07, 6.45) is 3.57. The SMILES string of the molecule is Cc1ccnc(C2CCN(C(=O)CCc3nc(C(C)C)no3)C2)n1. The van der Waals surface area contributed by atoms with Crippen LogP contribution in [-0.4, -0.2) is 44.0 Å². The van der Waals surface area contributed by atoms with Crippen molar-refractivity contribution in [1.29, 1.82) is 0 Å². The molecule has 128 valence electrons. The van der Waals surface area contributed by atoms with E-state index in [2.05, 4.69) is 20.1 Å². The molecule has 1 saturated heterocycles. The molecule has 0 bridgehead atoms. The largest absolute Gasteiger partial charge is 0.342 e. The van der Waals surface area contributed by atoms with Gasteiger partial charge in [0, 0.05) is 49.7 Å². The number of hydrogen-bond acceptors (Lipinski definition) is 6. The lowest BCUT2D eigenvalue weighted by Crippen LogP contribution is -2.28. The molecular weight excluding hydrogens is 306 g/mol. The van der Waals surface area contributed by atoms with Crippen LogP contribution in [0.15, 0.2) is 16.8 Å². The maximum atomic E-state index is 12.4. The quantitative estimate of drug-likeness (QED) is 0.836. The number of carbonyl (C=O) groups is 1. The van der Waals surface area contributed by atoms with Crippen LogP contribution in [-0.2, 0) is 11.2 Å². The molecule has 2 aromatic rings. The summed E-state index contributed by atoms with van der Waals surface area (Å²) in [5.41, 5.74) is 0.960. The Labute approximate surface area is 141 Å². The Morgan fingerprint density at radius 1 is 1.42 bits per heavy atom. The van der Waals surface area contributed by atoms with E-state index in [-0.39, 0.29) is 17.7 Å². The number of aromatic nitrogens is 4. The topological polar surface area (TPSA) is 85.0 Å². The van der Waals surface area contributed by atoms with Crippen molar-refractivity contribution in [2.75, 3.05) is 13.1 Å². The second-order valence-electron chi connectivity index (χ2n) is 6.58. The highest BCUT2D eigenvalue weighted by molar-refractivity contribution is 5.76. The fraction of sp³-hybridized carbons (Fsp3) is 0.588. The minimum atomic E-state index is 0.120. The van der Waals surface area contributed by atoms with Gasteiger partial charge in [0.15, 0.2) is 5.82 Å². The van der Waals surface area contributed by atoms with E-state index < -0.39 is 0 Å². The summed E-state index contributed by atoms with van der Waals surface area (Å²) < 4.78 is 5.19. The summed E-state index contributed by atoms with van der Waals surface area (Å²) in [5, 5.41) is 3.92. The molecule has 1 unspecified atom stereocenters. The van der Waals surface area contributed by atoms with Crippen LogP contribution in [0.1, 0.15) is 61.8 Å². The Balaban J connectivity index is 1.52. The standard InChI is InChI=1S/C17H23N5O2/c1-11(2)16-20-14(24-21-16)4-5-15(23)22-9-7-13(10-22)17-18-8-6-12(3)19-17/h6,8,11,13H,4-5,7,9-10H2,1-3H3. The van der Waals surface area contributed by atoms with Crippen LogP contribution >= 0.6 is 0 Å². The van der Waals surface area contributed by atoms with E-state index in [1.165, 1.54) is 0 Å². The highest BCUT2D eigenvalue weighted by Crippen LogP contribution is 2.25.